The van der Waals surface area contributed by atoms with Gasteiger partial charge in [-0.2, -0.15) is 0 Å². The van der Waals surface area contributed by atoms with Crippen LogP contribution in [0.2, 0.25) is 0 Å². The Balaban J connectivity index is 1.56. The molecule has 0 heterocycles. The number of hydrogen-bond acceptors (Lipinski definition) is 0. The predicted molar refractivity (Wildman–Crippen MR) is 137 cm³/mol. The standard InChI is InChI=1S/C33H26/c1-5-13-24(14-6-1)29-22-32(26-17-9-3-10-18-26)31-21-28(29)30(25-15-7-2-8-16-25)23-33(31,32)27-19-11-4-12-20-27/h1-20,22-23,28,31H,21H2/t28?,31?,32-,33+. The topological polar surface area (TPSA) is 0 Å². The van der Waals surface area contributed by atoms with Gasteiger partial charge in [0.25, 0.3) is 0 Å². The van der Waals surface area contributed by atoms with E-state index in [4.69, 9.17) is 0 Å². The highest BCUT2D eigenvalue weighted by Gasteiger charge is 2.78. The van der Waals surface area contributed by atoms with Crippen molar-refractivity contribution in [2.24, 2.45) is 11.8 Å². The number of allylic oxidation sites excluding steroid dienone is 4. The second-order valence-electron chi connectivity index (χ2n) is 9.74. The molecule has 3 aliphatic carbocycles. The molecule has 2 unspecified atom stereocenters. The molecule has 1 saturated carbocycles. The maximum atomic E-state index is 2.66. The van der Waals surface area contributed by atoms with Crippen molar-refractivity contribution >= 4 is 11.1 Å². The molecule has 3 aliphatic rings. The molecule has 0 aromatic heterocycles. The van der Waals surface area contributed by atoms with Gasteiger partial charge in [-0.1, -0.05) is 133 Å². The molecule has 0 aliphatic heterocycles. The molecule has 0 N–H and O–H groups in total. The Labute approximate surface area is 195 Å². The Morgan fingerprint density at radius 1 is 0.455 bits per heavy atom. The third-order valence-corrected chi connectivity index (χ3v) is 8.41. The van der Waals surface area contributed by atoms with Gasteiger partial charge in [-0.15, -0.1) is 0 Å². The molecule has 7 rings (SSSR count). The van der Waals surface area contributed by atoms with Crippen molar-refractivity contribution in [3.05, 3.63) is 156 Å². The summed E-state index contributed by atoms with van der Waals surface area (Å²) in [5.74, 6) is 1.01. The summed E-state index contributed by atoms with van der Waals surface area (Å²) in [6, 6.07) is 44.6. The van der Waals surface area contributed by atoms with E-state index in [-0.39, 0.29) is 10.8 Å². The van der Waals surface area contributed by atoms with Gasteiger partial charge in [0.15, 0.2) is 0 Å². The van der Waals surface area contributed by atoms with Gasteiger partial charge in [0.2, 0.25) is 0 Å². The molecule has 0 nitrogen and oxygen atoms in total. The van der Waals surface area contributed by atoms with Gasteiger partial charge in [-0.05, 0) is 45.7 Å². The fraction of sp³-hybridized carbons (Fsp3) is 0.152. The highest BCUT2D eigenvalue weighted by molar-refractivity contribution is 5.91. The van der Waals surface area contributed by atoms with E-state index in [1.54, 1.807) is 0 Å². The lowest BCUT2D eigenvalue weighted by molar-refractivity contribution is 0.560. The largest absolute Gasteiger partial charge is 0.0680 e. The van der Waals surface area contributed by atoms with Crippen molar-refractivity contribution in [3.8, 4) is 0 Å². The van der Waals surface area contributed by atoms with E-state index in [1.807, 2.05) is 0 Å². The van der Waals surface area contributed by atoms with Crippen LogP contribution in [0.4, 0.5) is 0 Å². The second kappa shape index (κ2) is 6.93. The van der Waals surface area contributed by atoms with Gasteiger partial charge in [0.1, 0.15) is 0 Å². The molecule has 2 bridgehead atoms. The smallest absolute Gasteiger partial charge is 0.0313 e. The number of fused-ring (bicyclic) bond motifs is 2. The van der Waals surface area contributed by atoms with Crippen molar-refractivity contribution in [2.45, 2.75) is 17.3 Å². The quantitative estimate of drug-likeness (QED) is 0.316. The normalized spacial score (nSPS) is 29.1. The number of rotatable bonds is 4. The van der Waals surface area contributed by atoms with Gasteiger partial charge >= 0.3 is 0 Å². The zero-order valence-corrected chi connectivity index (χ0v) is 18.6. The second-order valence-corrected chi connectivity index (χ2v) is 9.74. The van der Waals surface area contributed by atoms with E-state index in [9.17, 15) is 0 Å². The van der Waals surface area contributed by atoms with E-state index in [0.717, 1.165) is 0 Å². The van der Waals surface area contributed by atoms with Crippen LogP contribution < -0.4 is 0 Å². The Morgan fingerprint density at radius 2 is 0.818 bits per heavy atom. The van der Waals surface area contributed by atoms with Gasteiger partial charge in [0.05, 0.1) is 0 Å². The number of benzene rings is 4. The molecule has 0 amide bonds. The van der Waals surface area contributed by atoms with E-state index in [2.05, 4.69) is 133 Å². The lowest BCUT2D eigenvalue weighted by atomic mass is 9.72. The first-order valence-electron chi connectivity index (χ1n) is 12.0. The van der Waals surface area contributed by atoms with E-state index in [1.165, 1.54) is 39.8 Å². The van der Waals surface area contributed by atoms with Crippen LogP contribution >= 0.6 is 0 Å². The monoisotopic (exact) mass is 422 g/mol. The fourth-order valence-electron chi connectivity index (χ4n) is 7.07. The summed E-state index contributed by atoms with van der Waals surface area (Å²) < 4.78 is 0. The minimum atomic E-state index is -0.00613. The summed E-state index contributed by atoms with van der Waals surface area (Å²) >= 11 is 0. The van der Waals surface area contributed by atoms with Crippen LogP contribution in [0.1, 0.15) is 28.7 Å². The Kier molecular flexibility index (Phi) is 3.96. The zero-order chi connectivity index (χ0) is 21.9. The zero-order valence-electron chi connectivity index (χ0n) is 18.6. The lowest BCUT2D eigenvalue weighted by Gasteiger charge is -2.31. The molecule has 4 aromatic carbocycles. The highest BCUT2D eigenvalue weighted by atomic mass is 14.8. The van der Waals surface area contributed by atoms with Crippen molar-refractivity contribution in [1.29, 1.82) is 0 Å². The first-order valence-corrected chi connectivity index (χ1v) is 12.0. The van der Waals surface area contributed by atoms with Crippen LogP contribution in [-0.2, 0) is 10.8 Å². The molecule has 0 saturated heterocycles. The predicted octanol–water partition coefficient (Wildman–Crippen LogP) is 7.69. The Hall–Kier alpha value is -3.64. The van der Waals surface area contributed by atoms with Crippen LogP contribution in [0, 0.1) is 11.8 Å². The van der Waals surface area contributed by atoms with Gasteiger partial charge < -0.3 is 0 Å². The van der Waals surface area contributed by atoms with E-state index < -0.39 is 0 Å². The lowest BCUT2D eigenvalue weighted by Crippen LogP contribution is -2.19. The molecule has 158 valence electrons. The minimum Gasteiger partial charge on any atom is -0.0680 e. The molecule has 4 aromatic rings. The third kappa shape index (κ3) is 2.47. The van der Waals surface area contributed by atoms with Crippen molar-refractivity contribution in [3.63, 3.8) is 0 Å². The summed E-state index contributed by atoms with van der Waals surface area (Å²) in [5, 5.41) is 0. The van der Waals surface area contributed by atoms with Crippen LogP contribution in [0.25, 0.3) is 11.1 Å². The molecule has 0 radical (unpaired) electrons. The van der Waals surface area contributed by atoms with Crippen LogP contribution in [-0.4, -0.2) is 0 Å². The first kappa shape index (κ1) is 18.9. The Bertz CT molecular complexity index is 1260. The average Bonchev–Trinajstić information content (AvgIpc) is 3.56. The molecular weight excluding hydrogens is 396 g/mol. The summed E-state index contributed by atoms with van der Waals surface area (Å²) in [6.45, 7) is 0. The molecule has 4 atom stereocenters. The Morgan fingerprint density at radius 3 is 1.21 bits per heavy atom. The first-order chi connectivity index (χ1) is 16.3. The van der Waals surface area contributed by atoms with Crippen molar-refractivity contribution in [1.82, 2.24) is 0 Å². The summed E-state index contributed by atoms with van der Waals surface area (Å²) in [6.07, 6.45) is 6.51. The summed E-state index contributed by atoms with van der Waals surface area (Å²) in [5.41, 5.74) is 8.55. The van der Waals surface area contributed by atoms with Crippen LogP contribution in [0.15, 0.2) is 133 Å². The minimum absolute atomic E-state index is 0.00613. The van der Waals surface area contributed by atoms with E-state index >= 15 is 0 Å². The van der Waals surface area contributed by atoms with Crippen LogP contribution in [0.5, 0.6) is 0 Å². The van der Waals surface area contributed by atoms with E-state index in [0.29, 0.717) is 11.8 Å². The SMILES string of the molecule is C1=C(c2ccccc2)C2CC3[C@]1(c1ccccc1)[C@@]3(c1ccccc1)C=C2c1ccccc1. The average molecular weight is 423 g/mol. The molecule has 33 heavy (non-hydrogen) atoms. The fourth-order valence-corrected chi connectivity index (χ4v) is 7.07. The molecule has 0 heteroatoms. The van der Waals surface area contributed by atoms with Crippen molar-refractivity contribution in [2.75, 3.05) is 0 Å². The maximum absolute atomic E-state index is 2.66. The van der Waals surface area contributed by atoms with Crippen LogP contribution in [0.3, 0.4) is 0 Å². The summed E-state index contributed by atoms with van der Waals surface area (Å²) in [7, 11) is 0. The maximum Gasteiger partial charge on any atom is 0.0313 e. The van der Waals surface area contributed by atoms with Crippen molar-refractivity contribution < 1.29 is 0 Å². The molecule has 0 spiro atoms. The molecule has 1 fully saturated rings. The highest BCUT2D eigenvalue weighted by Crippen LogP contribution is 2.79. The van der Waals surface area contributed by atoms with Gasteiger partial charge in [-0.25, -0.2) is 0 Å². The van der Waals surface area contributed by atoms with Gasteiger partial charge in [0, 0.05) is 16.7 Å². The third-order valence-electron chi connectivity index (χ3n) is 8.41. The number of hydrogen-bond donors (Lipinski definition) is 0. The summed E-state index contributed by atoms with van der Waals surface area (Å²) in [4.78, 5) is 0. The molecular formula is C33H26. The van der Waals surface area contributed by atoms with Gasteiger partial charge in [-0.3, -0.25) is 0 Å².